The molecule has 0 unspecified atom stereocenters. The molecule has 2 rings (SSSR count). The monoisotopic (exact) mass is 245 g/mol. The van der Waals surface area contributed by atoms with Gasteiger partial charge in [-0.3, -0.25) is 4.79 Å². The van der Waals surface area contributed by atoms with Crippen molar-refractivity contribution in [1.29, 1.82) is 0 Å². The molecule has 0 atom stereocenters. The lowest BCUT2D eigenvalue weighted by atomic mass is 10.1. The molecule has 1 heterocycles. The third-order valence-corrected chi connectivity index (χ3v) is 3.32. The third kappa shape index (κ3) is 3.64. The summed E-state index contributed by atoms with van der Waals surface area (Å²) in [6.45, 7) is 2.23. The van der Waals surface area contributed by atoms with Gasteiger partial charge in [0.25, 0.3) is 0 Å². The zero-order valence-electron chi connectivity index (χ0n) is 10.6. The lowest BCUT2D eigenvalue weighted by Crippen LogP contribution is -2.28. The van der Waals surface area contributed by atoms with Gasteiger partial charge < -0.3 is 10.0 Å². The average Bonchev–Trinajstić information content (AvgIpc) is 2.63. The molecule has 1 aliphatic carbocycles. The molecule has 0 saturated carbocycles. The molecule has 2 aliphatic rings. The first-order valence-electron chi connectivity index (χ1n) is 6.56. The van der Waals surface area contributed by atoms with Gasteiger partial charge in [-0.2, -0.15) is 0 Å². The number of carbonyl (C=O) groups is 1. The van der Waals surface area contributed by atoms with E-state index in [0.717, 1.165) is 18.7 Å². The highest BCUT2D eigenvalue weighted by atomic mass is 16.4. The third-order valence-electron chi connectivity index (χ3n) is 3.32. The fourth-order valence-corrected chi connectivity index (χ4v) is 2.28. The van der Waals surface area contributed by atoms with E-state index in [1.54, 1.807) is 0 Å². The quantitative estimate of drug-likeness (QED) is 0.774. The number of carboxylic acid groups (broad SMARTS) is 1. The van der Waals surface area contributed by atoms with E-state index in [-0.39, 0.29) is 6.42 Å². The fourth-order valence-electron chi connectivity index (χ4n) is 2.28. The number of hydrogen-bond donors (Lipinski definition) is 1. The summed E-state index contributed by atoms with van der Waals surface area (Å²) in [5.41, 5.74) is 5.37. The van der Waals surface area contributed by atoms with Crippen LogP contribution in [0.4, 0.5) is 0 Å². The van der Waals surface area contributed by atoms with E-state index in [1.165, 1.54) is 25.0 Å². The molecule has 1 fully saturated rings. The van der Waals surface area contributed by atoms with Crippen LogP contribution in [-0.4, -0.2) is 29.1 Å². The Morgan fingerprint density at radius 2 is 2.00 bits per heavy atom. The molecule has 96 valence electrons. The first kappa shape index (κ1) is 12.7. The van der Waals surface area contributed by atoms with E-state index in [2.05, 4.69) is 16.7 Å². The van der Waals surface area contributed by atoms with Gasteiger partial charge in [-0.05, 0) is 43.4 Å². The molecule has 1 aliphatic heterocycles. The second kappa shape index (κ2) is 6.27. The molecular formula is C15H19NO2. The average molecular weight is 245 g/mol. The van der Waals surface area contributed by atoms with Crippen molar-refractivity contribution in [3.05, 3.63) is 41.3 Å². The minimum atomic E-state index is -0.752. The Bertz CT molecular complexity index is 433. The summed E-state index contributed by atoms with van der Waals surface area (Å²) >= 11 is 0. The van der Waals surface area contributed by atoms with Gasteiger partial charge in [0.05, 0.1) is 0 Å². The Hall–Kier alpha value is -1.73. The Balaban J connectivity index is 2.01. The van der Waals surface area contributed by atoms with Crippen molar-refractivity contribution in [2.45, 2.75) is 32.1 Å². The van der Waals surface area contributed by atoms with Crippen molar-refractivity contribution in [2.75, 3.05) is 13.1 Å². The number of carboxylic acids is 1. The lowest BCUT2D eigenvalue weighted by Gasteiger charge is -2.29. The Morgan fingerprint density at radius 1 is 1.22 bits per heavy atom. The summed E-state index contributed by atoms with van der Waals surface area (Å²) in [6, 6.07) is 0. The van der Waals surface area contributed by atoms with E-state index in [9.17, 15) is 4.79 Å². The maximum absolute atomic E-state index is 10.5. The first-order valence-corrected chi connectivity index (χ1v) is 6.56. The Kier molecular flexibility index (Phi) is 4.43. The second-order valence-corrected chi connectivity index (χ2v) is 4.73. The van der Waals surface area contributed by atoms with Crippen LogP contribution in [0.1, 0.15) is 32.1 Å². The number of rotatable bonds is 4. The second-order valence-electron chi connectivity index (χ2n) is 4.73. The molecule has 3 nitrogen and oxygen atoms in total. The van der Waals surface area contributed by atoms with E-state index < -0.39 is 5.97 Å². The Morgan fingerprint density at radius 3 is 2.72 bits per heavy atom. The molecule has 0 bridgehead atoms. The highest BCUT2D eigenvalue weighted by Crippen LogP contribution is 2.18. The summed E-state index contributed by atoms with van der Waals surface area (Å²) in [5, 5.41) is 8.68. The predicted molar refractivity (Wildman–Crippen MR) is 71.1 cm³/mol. The highest BCUT2D eigenvalue weighted by molar-refractivity contribution is 5.67. The van der Waals surface area contributed by atoms with Gasteiger partial charge in [-0.15, -0.1) is 5.73 Å². The van der Waals surface area contributed by atoms with Gasteiger partial charge in [-0.25, -0.2) is 0 Å². The number of aliphatic carboxylic acids is 1. The van der Waals surface area contributed by atoms with Crippen LogP contribution in [0, 0.1) is 0 Å². The largest absolute Gasteiger partial charge is 0.481 e. The fraction of sp³-hybridized carbons (Fsp3) is 0.467. The Labute approximate surface area is 108 Å². The van der Waals surface area contributed by atoms with Crippen molar-refractivity contribution in [2.24, 2.45) is 0 Å². The van der Waals surface area contributed by atoms with Gasteiger partial charge in [0.1, 0.15) is 0 Å². The van der Waals surface area contributed by atoms with E-state index >= 15 is 0 Å². The van der Waals surface area contributed by atoms with Gasteiger partial charge in [0.15, 0.2) is 0 Å². The van der Waals surface area contributed by atoms with Gasteiger partial charge in [0, 0.05) is 31.3 Å². The van der Waals surface area contributed by atoms with Crippen molar-refractivity contribution in [3.63, 3.8) is 0 Å². The molecule has 0 amide bonds. The van der Waals surface area contributed by atoms with Crippen molar-refractivity contribution in [3.8, 4) is 0 Å². The van der Waals surface area contributed by atoms with Crippen LogP contribution in [0.5, 0.6) is 0 Å². The first-order chi connectivity index (χ1) is 8.75. The van der Waals surface area contributed by atoms with Crippen LogP contribution in [0.2, 0.25) is 0 Å². The minimum Gasteiger partial charge on any atom is -0.481 e. The van der Waals surface area contributed by atoms with Crippen LogP contribution in [-0.2, 0) is 4.79 Å². The molecule has 0 aromatic heterocycles. The van der Waals surface area contributed by atoms with Crippen LogP contribution in [0.15, 0.2) is 41.3 Å². The normalized spacial score (nSPS) is 19.2. The molecule has 0 radical (unpaired) electrons. The van der Waals surface area contributed by atoms with Crippen LogP contribution in [0.25, 0.3) is 0 Å². The number of piperidine rings is 1. The van der Waals surface area contributed by atoms with Crippen LogP contribution < -0.4 is 0 Å². The smallest absolute Gasteiger partial charge is 0.303 e. The number of allylic oxidation sites excluding steroid dienone is 4. The maximum atomic E-state index is 10.5. The van der Waals surface area contributed by atoms with Crippen molar-refractivity contribution < 1.29 is 9.90 Å². The summed E-state index contributed by atoms with van der Waals surface area (Å²) in [6.07, 6.45) is 12.6. The molecule has 3 heteroatoms. The summed E-state index contributed by atoms with van der Waals surface area (Å²) in [7, 11) is 0. The highest BCUT2D eigenvalue weighted by Gasteiger charge is 2.11. The molecule has 0 spiro atoms. The predicted octanol–water partition coefficient (Wildman–Crippen LogP) is 2.87. The number of nitrogens with zero attached hydrogens (tertiary/aromatic N) is 1. The molecule has 0 aromatic rings. The zero-order valence-corrected chi connectivity index (χ0v) is 10.6. The molecule has 18 heavy (non-hydrogen) atoms. The van der Waals surface area contributed by atoms with Gasteiger partial charge in [-0.1, -0.05) is 6.08 Å². The van der Waals surface area contributed by atoms with Gasteiger partial charge >= 0.3 is 5.97 Å². The van der Waals surface area contributed by atoms with E-state index in [1.807, 2.05) is 18.2 Å². The van der Waals surface area contributed by atoms with E-state index in [4.69, 9.17) is 5.11 Å². The maximum Gasteiger partial charge on any atom is 0.303 e. The van der Waals surface area contributed by atoms with Crippen molar-refractivity contribution in [1.82, 2.24) is 4.90 Å². The zero-order chi connectivity index (χ0) is 12.8. The standard InChI is InChI=1S/C15H19NO2/c17-15(18)10-8-13-5-4-6-14(9-7-13)16-11-2-1-3-12-16/h5-7,9H,1-3,8,10-12H2,(H,17,18). The summed E-state index contributed by atoms with van der Waals surface area (Å²) < 4.78 is 0. The molecule has 0 aromatic carbocycles. The minimum absolute atomic E-state index is 0.177. The van der Waals surface area contributed by atoms with Crippen LogP contribution in [0.3, 0.4) is 0 Å². The molecule has 1 saturated heterocycles. The lowest BCUT2D eigenvalue weighted by molar-refractivity contribution is -0.136. The topological polar surface area (TPSA) is 40.5 Å². The van der Waals surface area contributed by atoms with Crippen LogP contribution >= 0.6 is 0 Å². The SMILES string of the molecule is O=C(O)CCC1=CC=C(N2CCCCC2)C=C=C1. The number of hydrogen-bond acceptors (Lipinski definition) is 2. The summed E-state index contributed by atoms with van der Waals surface area (Å²) in [5.74, 6) is -0.752. The summed E-state index contributed by atoms with van der Waals surface area (Å²) in [4.78, 5) is 12.9. The molecule has 1 N–H and O–H groups in total. The molecular weight excluding hydrogens is 226 g/mol. The number of likely N-dealkylation sites (tertiary alicyclic amines) is 1. The van der Waals surface area contributed by atoms with Gasteiger partial charge in [0.2, 0.25) is 0 Å². The van der Waals surface area contributed by atoms with Crippen molar-refractivity contribution >= 4 is 5.97 Å². The van der Waals surface area contributed by atoms with E-state index in [0.29, 0.717) is 6.42 Å².